The van der Waals surface area contributed by atoms with Crippen LogP contribution in [0.5, 0.6) is 5.75 Å². The smallest absolute Gasteiger partial charge is 0.255 e. The summed E-state index contributed by atoms with van der Waals surface area (Å²) in [6.07, 6.45) is 1.64. The lowest BCUT2D eigenvalue weighted by Crippen LogP contribution is -2.25. The molecule has 7 rings (SSSR count). The number of halogens is 2. The molecular weight excluding hydrogens is 604 g/mol. The van der Waals surface area contributed by atoms with Crippen LogP contribution in [0.1, 0.15) is 15.9 Å². The third-order valence-electron chi connectivity index (χ3n) is 7.90. The number of nitrogens with one attached hydrogen (secondary N) is 1. The molecule has 1 amide bonds. The van der Waals surface area contributed by atoms with Gasteiger partial charge in [-0.15, -0.1) is 0 Å². The van der Waals surface area contributed by atoms with E-state index in [1.54, 1.807) is 24.3 Å². The minimum absolute atomic E-state index is 0.0745. The van der Waals surface area contributed by atoms with Crippen LogP contribution in [0, 0.1) is 11.6 Å². The number of oxazole rings is 1. The Labute approximate surface area is 256 Å². The summed E-state index contributed by atoms with van der Waals surface area (Å²) in [6, 6.07) is 16.8. The maximum atomic E-state index is 14.5. The Bertz CT molecular complexity index is 2280. The molecule has 45 heavy (non-hydrogen) atoms. The van der Waals surface area contributed by atoms with Crippen molar-refractivity contribution in [1.29, 1.82) is 0 Å². The molecule has 0 spiro atoms. The van der Waals surface area contributed by atoms with Crippen LogP contribution in [0.3, 0.4) is 0 Å². The molecule has 2 aromatic heterocycles. The number of carbonyl (C=O) groups is 1. The largest absolute Gasteiger partial charge is 0.492 e. The lowest BCUT2D eigenvalue weighted by atomic mass is 9.94. The number of hydrogen-bond donors (Lipinski definition) is 1. The number of hydrogen-bond acceptors (Lipinski definition) is 7. The molecule has 4 aromatic carbocycles. The molecule has 0 fully saturated rings. The van der Waals surface area contributed by atoms with Gasteiger partial charge in [0.15, 0.2) is 11.4 Å². The van der Waals surface area contributed by atoms with E-state index < -0.39 is 27.6 Å². The van der Waals surface area contributed by atoms with E-state index >= 15 is 0 Å². The van der Waals surface area contributed by atoms with E-state index in [4.69, 9.17) is 13.6 Å². The average molecular weight is 630 g/mol. The number of sulfonamides is 1. The number of para-hydroxylation sites is 1. The lowest BCUT2D eigenvalue weighted by Gasteiger charge is -2.21. The van der Waals surface area contributed by atoms with Gasteiger partial charge in [-0.05, 0) is 65.7 Å². The zero-order valence-corrected chi connectivity index (χ0v) is 25.1. The molecule has 1 aliphatic rings. The Morgan fingerprint density at radius 1 is 0.956 bits per heavy atom. The molecule has 0 unspecified atom stereocenters. The summed E-state index contributed by atoms with van der Waals surface area (Å²) in [5.41, 5.74) is 3.87. The fourth-order valence-corrected chi connectivity index (χ4v) is 6.12. The van der Waals surface area contributed by atoms with E-state index in [0.29, 0.717) is 46.4 Å². The molecule has 0 saturated carbocycles. The van der Waals surface area contributed by atoms with Gasteiger partial charge >= 0.3 is 0 Å². The standard InChI is InChI=1S/C33H25F2N3O6S/c1-36-32(39)28-22-15-21(25(38(2)45(3,40)41)16-27(22)43-31(28)17-7-9-20(34)10-8-17)19-13-18-11-12-42-30(18)23(14-19)33-37-29-24(35)5-4-6-26(29)44-33/h4-10,13-16H,11-12H2,1-3H3,(H,36,39). The summed E-state index contributed by atoms with van der Waals surface area (Å²) in [6.45, 7) is 0.402. The van der Waals surface area contributed by atoms with E-state index in [2.05, 4.69) is 10.3 Å². The molecule has 228 valence electrons. The molecular formula is C33H25F2N3O6S. The van der Waals surface area contributed by atoms with Crippen molar-refractivity contribution in [2.75, 3.05) is 31.3 Å². The second-order valence-electron chi connectivity index (χ2n) is 10.7. The van der Waals surface area contributed by atoms with Gasteiger partial charge in [0.05, 0.1) is 29.7 Å². The number of ether oxygens (including phenoxy) is 1. The molecule has 6 aromatic rings. The van der Waals surface area contributed by atoms with Crippen LogP contribution < -0.4 is 14.4 Å². The monoisotopic (exact) mass is 629 g/mol. The van der Waals surface area contributed by atoms with Crippen LogP contribution in [0.2, 0.25) is 0 Å². The summed E-state index contributed by atoms with van der Waals surface area (Å²) in [7, 11) is -0.853. The van der Waals surface area contributed by atoms with Gasteiger partial charge in [-0.25, -0.2) is 22.2 Å². The van der Waals surface area contributed by atoms with Gasteiger partial charge in [0, 0.05) is 43.1 Å². The Balaban J connectivity index is 1.52. The fraction of sp³-hybridized carbons (Fsp3) is 0.152. The summed E-state index contributed by atoms with van der Waals surface area (Å²) in [5, 5.41) is 3.05. The molecule has 0 radical (unpaired) electrons. The summed E-state index contributed by atoms with van der Waals surface area (Å²) >= 11 is 0. The van der Waals surface area contributed by atoms with Crippen molar-refractivity contribution < 1.29 is 35.6 Å². The van der Waals surface area contributed by atoms with Gasteiger partial charge in [0.25, 0.3) is 5.91 Å². The van der Waals surface area contributed by atoms with Crippen LogP contribution in [-0.2, 0) is 16.4 Å². The first kappa shape index (κ1) is 28.5. The minimum Gasteiger partial charge on any atom is -0.492 e. The van der Waals surface area contributed by atoms with E-state index in [9.17, 15) is 22.0 Å². The fourth-order valence-electron chi connectivity index (χ4n) is 5.61. The highest BCUT2D eigenvalue weighted by molar-refractivity contribution is 7.92. The summed E-state index contributed by atoms with van der Waals surface area (Å²) < 4.78 is 73.2. The van der Waals surface area contributed by atoms with Crippen LogP contribution in [0.25, 0.3) is 56.0 Å². The van der Waals surface area contributed by atoms with E-state index in [1.807, 2.05) is 6.07 Å². The Morgan fingerprint density at radius 2 is 1.73 bits per heavy atom. The predicted molar refractivity (Wildman–Crippen MR) is 166 cm³/mol. The molecule has 0 saturated heterocycles. The van der Waals surface area contributed by atoms with Crippen molar-refractivity contribution >= 4 is 43.7 Å². The second-order valence-corrected chi connectivity index (χ2v) is 12.7. The highest BCUT2D eigenvalue weighted by Gasteiger charge is 2.28. The SMILES string of the molecule is CNC(=O)c1c(-c2ccc(F)cc2)oc2cc(N(C)S(C)(=O)=O)c(-c3cc4c(c(-c5nc6c(F)cccc6o5)c3)OCC4)cc12. The molecule has 1 N–H and O–H groups in total. The molecule has 3 heterocycles. The zero-order valence-electron chi connectivity index (χ0n) is 24.3. The van der Waals surface area contributed by atoms with Crippen LogP contribution in [0.15, 0.2) is 75.6 Å². The van der Waals surface area contributed by atoms with E-state index in [0.717, 1.165) is 16.1 Å². The summed E-state index contributed by atoms with van der Waals surface area (Å²) in [5.74, 6) is -0.545. The van der Waals surface area contributed by atoms with Gasteiger partial charge in [-0.1, -0.05) is 6.07 Å². The first-order chi connectivity index (χ1) is 21.5. The number of furan rings is 1. The number of amides is 1. The topological polar surface area (TPSA) is 115 Å². The molecule has 0 atom stereocenters. The van der Waals surface area contributed by atoms with Crippen molar-refractivity contribution in [2.45, 2.75) is 6.42 Å². The molecule has 0 aliphatic carbocycles. The molecule has 0 bridgehead atoms. The zero-order chi connectivity index (χ0) is 31.6. The normalized spacial score (nSPS) is 12.8. The van der Waals surface area contributed by atoms with Crippen molar-refractivity contribution in [1.82, 2.24) is 10.3 Å². The third-order valence-corrected chi connectivity index (χ3v) is 9.09. The van der Waals surface area contributed by atoms with Gasteiger partial charge in [-0.3, -0.25) is 9.10 Å². The van der Waals surface area contributed by atoms with E-state index in [1.165, 1.54) is 50.5 Å². The Morgan fingerprint density at radius 3 is 2.44 bits per heavy atom. The number of aromatic nitrogens is 1. The maximum absolute atomic E-state index is 14.5. The van der Waals surface area contributed by atoms with Crippen molar-refractivity contribution in [2.24, 2.45) is 0 Å². The molecule has 12 heteroatoms. The van der Waals surface area contributed by atoms with E-state index in [-0.39, 0.29) is 39.6 Å². The highest BCUT2D eigenvalue weighted by atomic mass is 32.2. The minimum atomic E-state index is -3.76. The number of fused-ring (bicyclic) bond motifs is 3. The Kier molecular flexibility index (Phi) is 6.62. The van der Waals surface area contributed by atoms with Crippen LogP contribution in [-0.4, -0.2) is 46.3 Å². The molecule has 9 nitrogen and oxygen atoms in total. The highest BCUT2D eigenvalue weighted by Crippen LogP contribution is 2.46. The van der Waals surface area contributed by atoms with Gasteiger partial charge < -0.3 is 18.9 Å². The first-order valence-electron chi connectivity index (χ1n) is 13.9. The third kappa shape index (κ3) is 4.78. The summed E-state index contributed by atoms with van der Waals surface area (Å²) in [4.78, 5) is 17.7. The number of benzene rings is 4. The van der Waals surface area contributed by atoms with Crippen molar-refractivity contribution in [3.05, 3.63) is 89.5 Å². The van der Waals surface area contributed by atoms with Gasteiger partial charge in [0.1, 0.15) is 28.4 Å². The average Bonchev–Trinajstić information content (AvgIpc) is 3.76. The van der Waals surface area contributed by atoms with Crippen molar-refractivity contribution in [3.63, 3.8) is 0 Å². The number of carbonyl (C=O) groups excluding carboxylic acids is 1. The second kappa shape index (κ2) is 10.4. The molecule has 1 aliphatic heterocycles. The Hall–Kier alpha value is -5.23. The number of anilines is 1. The maximum Gasteiger partial charge on any atom is 0.255 e. The lowest BCUT2D eigenvalue weighted by molar-refractivity contribution is 0.0964. The van der Waals surface area contributed by atoms with Gasteiger partial charge in [0.2, 0.25) is 15.9 Å². The first-order valence-corrected chi connectivity index (χ1v) is 15.8. The van der Waals surface area contributed by atoms with Crippen molar-refractivity contribution in [3.8, 4) is 39.7 Å². The van der Waals surface area contributed by atoms with Crippen LogP contribution in [0.4, 0.5) is 14.5 Å². The quantitative estimate of drug-likeness (QED) is 0.222. The van der Waals surface area contributed by atoms with Crippen LogP contribution >= 0.6 is 0 Å². The van der Waals surface area contributed by atoms with Gasteiger partial charge in [-0.2, -0.15) is 0 Å². The number of nitrogens with zero attached hydrogens (tertiary/aromatic N) is 2. The number of rotatable bonds is 6. The predicted octanol–water partition coefficient (Wildman–Crippen LogP) is 6.54.